The van der Waals surface area contributed by atoms with Gasteiger partial charge in [-0.2, -0.15) is 0 Å². The van der Waals surface area contributed by atoms with Crippen molar-refractivity contribution in [1.29, 1.82) is 0 Å². The van der Waals surface area contributed by atoms with Crippen LogP contribution in [-0.2, 0) is 4.79 Å². The van der Waals surface area contributed by atoms with Crippen molar-refractivity contribution in [2.45, 2.75) is 31.1 Å². The van der Waals surface area contributed by atoms with Gasteiger partial charge in [0.25, 0.3) is 0 Å². The molecule has 4 heteroatoms. The first-order valence-electron chi connectivity index (χ1n) is 4.94. The molecule has 2 unspecified atom stereocenters. The zero-order valence-electron chi connectivity index (χ0n) is 7.37. The van der Waals surface area contributed by atoms with Crippen molar-refractivity contribution in [3.05, 3.63) is 0 Å². The molecule has 2 aliphatic heterocycles. The highest BCUT2D eigenvalue weighted by molar-refractivity contribution is 5.83. The minimum atomic E-state index is -0.846. The number of rotatable bonds is 1. The van der Waals surface area contributed by atoms with Crippen molar-refractivity contribution < 1.29 is 9.18 Å². The first-order valence-corrected chi connectivity index (χ1v) is 4.94. The number of hydrogen-bond acceptors (Lipinski definition) is 2. The third kappa shape index (κ3) is 1.01. The van der Waals surface area contributed by atoms with Gasteiger partial charge in [-0.05, 0) is 12.8 Å². The standard InChI is InChI=1S/C9H13FN2O/c10-8-2-7(8)9(13)12-5-1-6(12)4-11-3-5/h5-8,11H,1-4H2/t5?,6?,7-,8+/m1/s1. The molecular weight excluding hydrogens is 171 g/mol. The predicted octanol–water partition coefficient (Wildman–Crippen LogP) is -0.0829. The van der Waals surface area contributed by atoms with Crippen LogP contribution < -0.4 is 5.32 Å². The van der Waals surface area contributed by atoms with Gasteiger partial charge in [0.1, 0.15) is 6.17 Å². The van der Waals surface area contributed by atoms with Gasteiger partial charge in [-0.25, -0.2) is 4.39 Å². The van der Waals surface area contributed by atoms with Crippen LogP contribution in [0.2, 0.25) is 0 Å². The maximum Gasteiger partial charge on any atom is 0.229 e. The Hall–Kier alpha value is -0.640. The molecule has 0 spiro atoms. The molecule has 2 heterocycles. The van der Waals surface area contributed by atoms with Crippen LogP contribution in [0.15, 0.2) is 0 Å². The van der Waals surface area contributed by atoms with Gasteiger partial charge in [-0.1, -0.05) is 0 Å². The van der Waals surface area contributed by atoms with E-state index >= 15 is 0 Å². The summed E-state index contributed by atoms with van der Waals surface area (Å²) in [5.74, 6) is -0.223. The summed E-state index contributed by atoms with van der Waals surface area (Å²) in [6, 6.07) is 0.720. The normalized spacial score (nSPS) is 47.0. The summed E-state index contributed by atoms with van der Waals surface area (Å²) in [6.45, 7) is 1.79. The second kappa shape index (κ2) is 2.44. The molecule has 0 radical (unpaired) electrons. The highest BCUT2D eigenvalue weighted by Gasteiger charge is 2.52. The third-order valence-electron chi connectivity index (χ3n) is 3.38. The molecule has 3 fully saturated rings. The number of alkyl halides is 1. The van der Waals surface area contributed by atoms with Gasteiger partial charge in [0.05, 0.1) is 5.92 Å². The second-order valence-electron chi connectivity index (χ2n) is 4.31. The summed E-state index contributed by atoms with van der Waals surface area (Å²) < 4.78 is 12.7. The number of piperidine rings is 1. The van der Waals surface area contributed by atoms with Gasteiger partial charge in [-0.15, -0.1) is 0 Å². The molecule has 2 saturated heterocycles. The number of carbonyl (C=O) groups is 1. The molecule has 1 amide bonds. The van der Waals surface area contributed by atoms with Crippen molar-refractivity contribution >= 4 is 5.91 Å². The molecule has 1 aliphatic carbocycles. The van der Waals surface area contributed by atoms with Crippen molar-refractivity contribution in [2.75, 3.05) is 13.1 Å². The molecule has 3 nitrogen and oxygen atoms in total. The Morgan fingerprint density at radius 2 is 1.92 bits per heavy atom. The van der Waals surface area contributed by atoms with Crippen molar-refractivity contribution in [1.82, 2.24) is 10.2 Å². The van der Waals surface area contributed by atoms with Crippen molar-refractivity contribution in [2.24, 2.45) is 5.92 Å². The lowest BCUT2D eigenvalue weighted by molar-refractivity contribution is -0.149. The van der Waals surface area contributed by atoms with E-state index in [-0.39, 0.29) is 11.8 Å². The monoisotopic (exact) mass is 184 g/mol. The average molecular weight is 184 g/mol. The maximum absolute atomic E-state index is 12.7. The smallest absolute Gasteiger partial charge is 0.229 e. The summed E-state index contributed by atoms with van der Waals surface area (Å²) in [7, 11) is 0. The number of fused-ring (bicyclic) bond motifs is 2. The summed E-state index contributed by atoms with van der Waals surface area (Å²) in [6.07, 6.45) is 0.728. The first-order chi connectivity index (χ1) is 6.27. The molecule has 72 valence electrons. The van der Waals surface area contributed by atoms with E-state index in [1.165, 1.54) is 0 Å². The lowest BCUT2D eigenvalue weighted by Crippen LogP contribution is -2.69. The van der Waals surface area contributed by atoms with Gasteiger partial charge in [-0.3, -0.25) is 4.79 Å². The quantitative estimate of drug-likeness (QED) is 0.618. The maximum atomic E-state index is 12.7. The molecule has 2 bridgehead atoms. The molecular formula is C9H13FN2O. The number of hydrogen-bond donors (Lipinski definition) is 1. The second-order valence-corrected chi connectivity index (χ2v) is 4.31. The fraction of sp³-hybridized carbons (Fsp3) is 0.889. The number of halogens is 1. The Labute approximate surface area is 76.3 Å². The molecule has 0 aromatic heterocycles. The van der Waals surface area contributed by atoms with Gasteiger partial charge in [0.15, 0.2) is 0 Å². The van der Waals surface area contributed by atoms with Crippen LogP contribution in [0.4, 0.5) is 4.39 Å². The highest BCUT2D eigenvalue weighted by Crippen LogP contribution is 2.40. The number of nitrogens with one attached hydrogen (secondary N) is 1. The van der Waals surface area contributed by atoms with E-state index in [2.05, 4.69) is 5.32 Å². The van der Waals surface area contributed by atoms with E-state index in [1.807, 2.05) is 4.90 Å². The summed E-state index contributed by atoms with van der Waals surface area (Å²) in [4.78, 5) is 13.6. The Morgan fingerprint density at radius 1 is 1.31 bits per heavy atom. The molecule has 1 saturated carbocycles. The Morgan fingerprint density at radius 3 is 2.38 bits per heavy atom. The number of nitrogens with zero attached hydrogens (tertiary/aromatic N) is 1. The molecule has 4 atom stereocenters. The number of amides is 1. The first kappa shape index (κ1) is 7.74. The Bertz CT molecular complexity index is 244. The minimum absolute atomic E-state index is 0.0650. The molecule has 3 aliphatic rings. The predicted molar refractivity (Wildman–Crippen MR) is 44.9 cm³/mol. The van der Waals surface area contributed by atoms with E-state index < -0.39 is 6.17 Å². The van der Waals surface area contributed by atoms with Gasteiger partial charge in [0, 0.05) is 25.2 Å². The van der Waals surface area contributed by atoms with E-state index in [0.29, 0.717) is 18.5 Å². The van der Waals surface area contributed by atoms with Crippen molar-refractivity contribution in [3.63, 3.8) is 0 Å². The zero-order chi connectivity index (χ0) is 9.00. The highest BCUT2D eigenvalue weighted by atomic mass is 19.1. The molecule has 0 aromatic carbocycles. The van der Waals surface area contributed by atoms with Crippen LogP contribution in [0.5, 0.6) is 0 Å². The number of carbonyl (C=O) groups excluding carboxylic acids is 1. The molecule has 1 N–H and O–H groups in total. The van der Waals surface area contributed by atoms with E-state index in [4.69, 9.17) is 0 Å². The van der Waals surface area contributed by atoms with E-state index in [9.17, 15) is 9.18 Å². The van der Waals surface area contributed by atoms with E-state index in [0.717, 1.165) is 19.5 Å². The molecule has 3 rings (SSSR count). The molecule has 0 aromatic rings. The SMILES string of the molecule is O=C([C@@H]1C[C@@H]1F)N1C2CNCC1C2. The molecule has 13 heavy (non-hydrogen) atoms. The summed E-state index contributed by atoms with van der Waals surface area (Å²) in [5.41, 5.74) is 0. The fourth-order valence-corrected chi connectivity index (χ4v) is 2.45. The largest absolute Gasteiger partial charge is 0.334 e. The topological polar surface area (TPSA) is 32.3 Å². The minimum Gasteiger partial charge on any atom is -0.334 e. The van der Waals surface area contributed by atoms with Crippen LogP contribution in [0, 0.1) is 5.92 Å². The summed E-state index contributed by atoms with van der Waals surface area (Å²) in [5, 5.41) is 3.25. The van der Waals surface area contributed by atoms with Crippen LogP contribution in [0.25, 0.3) is 0 Å². The van der Waals surface area contributed by atoms with Crippen molar-refractivity contribution in [3.8, 4) is 0 Å². The van der Waals surface area contributed by atoms with Gasteiger partial charge in [0.2, 0.25) is 5.91 Å². The summed E-state index contributed by atoms with van der Waals surface area (Å²) >= 11 is 0. The third-order valence-corrected chi connectivity index (χ3v) is 3.38. The number of piperazine rings is 1. The average Bonchev–Trinajstić information content (AvgIpc) is 2.84. The Kier molecular flexibility index (Phi) is 1.45. The Balaban J connectivity index is 1.69. The van der Waals surface area contributed by atoms with Crippen LogP contribution >= 0.6 is 0 Å². The van der Waals surface area contributed by atoms with Gasteiger partial charge < -0.3 is 10.2 Å². The van der Waals surface area contributed by atoms with Gasteiger partial charge >= 0.3 is 0 Å². The van der Waals surface area contributed by atoms with Crippen LogP contribution in [0.3, 0.4) is 0 Å². The zero-order valence-corrected chi connectivity index (χ0v) is 7.37. The lowest BCUT2D eigenvalue weighted by atomic mass is 9.88. The van der Waals surface area contributed by atoms with E-state index in [1.54, 1.807) is 0 Å². The van der Waals surface area contributed by atoms with Crippen LogP contribution in [-0.4, -0.2) is 42.2 Å². The fourth-order valence-electron chi connectivity index (χ4n) is 2.45. The van der Waals surface area contributed by atoms with Crippen LogP contribution in [0.1, 0.15) is 12.8 Å². The lowest BCUT2D eigenvalue weighted by Gasteiger charge is -2.53.